The lowest BCUT2D eigenvalue weighted by molar-refractivity contribution is 0.0277. The number of benzene rings is 2. The normalized spacial score (nSPS) is 19.4. The fraction of sp³-hybridized carbons (Fsp3) is 0.263. The molecule has 1 fully saturated rings. The van der Waals surface area contributed by atoms with Crippen LogP contribution < -0.4 is 10.1 Å². The number of rotatable bonds is 1. The van der Waals surface area contributed by atoms with Gasteiger partial charge in [0.25, 0.3) is 0 Å². The highest BCUT2D eigenvalue weighted by molar-refractivity contribution is 5.58. The van der Waals surface area contributed by atoms with Crippen LogP contribution in [0.5, 0.6) is 5.75 Å². The molecule has 2 aromatic carbocycles. The minimum Gasteiger partial charge on any atom is -0.489 e. The highest BCUT2D eigenvalue weighted by Crippen LogP contribution is 2.22. The van der Waals surface area contributed by atoms with Crippen molar-refractivity contribution < 1.29 is 9.47 Å². The highest BCUT2D eigenvalue weighted by Gasteiger charge is 2.14. The molecule has 3 nitrogen and oxygen atoms in total. The zero-order valence-corrected chi connectivity index (χ0v) is 12.6. The molecule has 0 aromatic heterocycles. The molecule has 2 aliphatic rings. The van der Waals surface area contributed by atoms with E-state index >= 15 is 0 Å². The number of fused-ring (bicyclic) bond motifs is 1. The topological polar surface area (TPSA) is 30.5 Å². The predicted molar refractivity (Wildman–Crippen MR) is 89.0 cm³/mol. The summed E-state index contributed by atoms with van der Waals surface area (Å²) >= 11 is 0. The van der Waals surface area contributed by atoms with E-state index < -0.39 is 0 Å². The van der Waals surface area contributed by atoms with Crippen molar-refractivity contribution in [3.05, 3.63) is 71.8 Å². The van der Waals surface area contributed by atoms with Gasteiger partial charge in [0, 0.05) is 18.7 Å². The van der Waals surface area contributed by atoms with Crippen LogP contribution in [0.15, 0.2) is 60.7 Å². The summed E-state index contributed by atoms with van der Waals surface area (Å²) in [5.74, 6) is 0.991. The molecule has 0 amide bonds. The Kier molecular flexibility index (Phi) is 5.24. The summed E-state index contributed by atoms with van der Waals surface area (Å²) in [6.07, 6.45) is 4.35. The first-order valence-electron chi connectivity index (χ1n) is 7.69. The van der Waals surface area contributed by atoms with Crippen LogP contribution in [0.4, 0.5) is 0 Å². The average molecular weight is 295 g/mol. The summed E-state index contributed by atoms with van der Waals surface area (Å²) in [4.78, 5) is 0. The van der Waals surface area contributed by atoms with Crippen molar-refractivity contribution in [1.82, 2.24) is 5.32 Å². The van der Waals surface area contributed by atoms with Crippen LogP contribution in [0.2, 0.25) is 0 Å². The number of hydrogen-bond donors (Lipinski definition) is 1. The maximum atomic E-state index is 5.60. The van der Waals surface area contributed by atoms with Gasteiger partial charge in [-0.2, -0.15) is 0 Å². The van der Waals surface area contributed by atoms with E-state index in [9.17, 15) is 0 Å². The number of nitrogens with one attached hydrogen (secondary N) is 1. The molecule has 0 saturated carbocycles. The molecule has 2 heterocycles. The third-order valence-electron chi connectivity index (χ3n) is 3.65. The van der Waals surface area contributed by atoms with Crippen molar-refractivity contribution in [3.8, 4) is 5.75 Å². The lowest BCUT2D eigenvalue weighted by Gasteiger charge is -2.23. The van der Waals surface area contributed by atoms with Gasteiger partial charge >= 0.3 is 0 Å². The third-order valence-corrected chi connectivity index (χ3v) is 3.65. The Morgan fingerprint density at radius 3 is 2.55 bits per heavy atom. The Labute approximate surface area is 131 Å². The lowest BCUT2D eigenvalue weighted by atomic mass is 10.1. The SMILES string of the molecule is C1=Cc2ccccc2OC1.c1ccc(C2CNCCO2)cc1. The average Bonchev–Trinajstić information content (AvgIpc) is 2.64. The smallest absolute Gasteiger partial charge is 0.126 e. The van der Waals surface area contributed by atoms with Gasteiger partial charge in [-0.25, -0.2) is 0 Å². The first kappa shape index (κ1) is 14.8. The van der Waals surface area contributed by atoms with Crippen LogP contribution in [0.1, 0.15) is 17.2 Å². The van der Waals surface area contributed by atoms with E-state index in [1.807, 2.05) is 48.5 Å². The van der Waals surface area contributed by atoms with Gasteiger partial charge in [0.2, 0.25) is 0 Å². The molecular weight excluding hydrogens is 274 g/mol. The standard InChI is InChI=1S/C10H13NO.C9H8O/c1-2-4-9(5-3-1)10-8-11-6-7-12-10;1-2-6-9-8(4-1)5-3-7-10-9/h1-5,10-11H,6-8H2;1-6H,7H2. The monoisotopic (exact) mass is 295 g/mol. The first-order chi connectivity index (χ1) is 10.9. The Morgan fingerprint density at radius 2 is 1.77 bits per heavy atom. The first-order valence-corrected chi connectivity index (χ1v) is 7.69. The third kappa shape index (κ3) is 3.97. The minimum absolute atomic E-state index is 0.250. The van der Waals surface area contributed by atoms with E-state index in [0.717, 1.165) is 25.4 Å². The van der Waals surface area contributed by atoms with E-state index in [-0.39, 0.29) is 6.10 Å². The predicted octanol–water partition coefficient (Wildman–Crippen LogP) is 3.44. The number of morpholine rings is 1. The van der Waals surface area contributed by atoms with Crippen LogP contribution in [-0.2, 0) is 4.74 Å². The Balaban J connectivity index is 0.000000133. The van der Waals surface area contributed by atoms with Crippen molar-refractivity contribution in [2.45, 2.75) is 6.10 Å². The Hall–Kier alpha value is -2.10. The summed E-state index contributed by atoms with van der Waals surface area (Å²) in [7, 11) is 0. The largest absolute Gasteiger partial charge is 0.489 e. The molecule has 0 aliphatic carbocycles. The van der Waals surface area contributed by atoms with Crippen LogP contribution in [0.25, 0.3) is 6.08 Å². The maximum Gasteiger partial charge on any atom is 0.126 e. The van der Waals surface area contributed by atoms with E-state index in [1.54, 1.807) is 0 Å². The molecule has 1 saturated heterocycles. The van der Waals surface area contributed by atoms with E-state index in [2.05, 4.69) is 23.5 Å². The van der Waals surface area contributed by atoms with Gasteiger partial charge in [0.15, 0.2) is 0 Å². The quantitative estimate of drug-likeness (QED) is 0.874. The number of hydrogen-bond acceptors (Lipinski definition) is 3. The van der Waals surface area contributed by atoms with E-state index in [0.29, 0.717) is 6.61 Å². The van der Waals surface area contributed by atoms with E-state index in [4.69, 9.17) is 9.47 Å². The van der Waals surface area contributed by atoms with Crippen LogP contribution >= 0.6 is 0 Å². The summed E-state index contributed by atoms with van der Waals surface area (Å²) in [5.41, 5.74) is 2.44. The molecule has 0 spiro atoms. The summed E-state index contributed by atoms with van der Waals surface area (Å²) in [6.45, 7) is 3.43. The molecule has 114 valence electrons. The van der Waals surface area contributed by atoms with E-state index in [1.165, 1.54) is 11.1 Å². The van der Waals surface area contributed by atoms with Gasteiger partial charge in [0.1, 0.15) is 12.4 Å². The van der Waals surface area contributed by atoms with Gasteiger partial charge in [0.05, 0.1) is 12.7 Å². The van der Waals surface area contributed by atoms with Crippen molar-refractivity contribution in [2.75, 3.05) is 26.3 Å². The fourth-order valence-corrected chi connectivity index (χ4v) is 2.51. The maximum absolute atomic E-state index is 5.60. The molecule has 0 radical (unpaired) electrons. The van der Waals surface area contributed by atoms with Gasteiger partial charge < -0.3 is 14.8 Å². The minimum atomic E-state index is 0.250. The molecule has 22 heavy (non-hydrogen) atoms. The van der Waals surface area contributed by atoms with Gasteiger partial charge in [-0.15, -0.1) is 0 Å². The summed E-state index contributed by atoms with van der Waals surface area (Å²) < 4.78 is 10.9. The number of para-hydroxylation sites is 1. The van der Waals surface area contributed by atoms with Gasteiger partial charge in [-0.3, -0.25) is 0 Å². The Bertz CT molecular complexity index is 604. The summed E-state index contributed by atoms with van der Waals surface area (Å²) in [5, 5.41) is 3.31. The zero-order valence-electron chi connectivity index (χ0n) is 12.6. The molecule has 3 heteroatoms. The molecule has 1 unspecified atom stereocenters. The van der Waals surface area contributed by atoms with Crippen molar-refractivity contribution in [2.24, 2.45) is 0 Å². The molecule has 1 atom stereocenters. The molecular formula is C19H21NO2. The van der Waals surface area contributed by atoms with Gasteiger partial charge in [-0.1, -0.05) is 54.6 Å². The van der Waals surface area contributed by atoms with Crippen molar-refractivity contribution >= 4 is 6.08 Å². The van der Waals surface area contributed by atoms with Crippen molar-refractivity contribution in [3.63, 3.8) is 0 Å². The molecule has 1 N–H and O–H groups in total. The van der Waals surface area contributed by atoms with Crippen LogP contribution in [0, 0.1) is 0 Å². The van der Waals surface area contributed by atoms with Gasteiger partial charge in [-0.05, 0) is 17.7 Å². The molecule has 4 rings (SSSR count). The number of ether oxygens (including phenoxy) is 2. The second kappa shape index (κ2) is 7.78. The zero-order chi connectivity index (χ0) is 15.0. The van der Waals surface area contributed by atoms with Crippen molar-refractivity contribution in [1.29, 1.82) is 0 Å². The highest BCUT2D eigenvalue weighted by atomic mass is 16.5. The molecule has 0 bridgehead atoms. The Morgan fingerprint density at radius 1 is 0.955 bits per heavy atom. The second-order valence-corrected chi connectivity index (χ2v) is 5.23. The lowest BCUT2D eigenvalue weighted by Crippen LogP contribution is -2.33. The molecule has 2 aliphatic heterocycles. The molecule has 2 aromatic rings. The van der Waals surface area contributed by atoms with Crippen LogP contribution in [0.3, 0.4) is 0 Å². The van der Waals surface area contributed by atoms with Crippen LogP contribution in [-0.4, -0.2) is 26.3 Å². The fourth-order valence-electron chi connectivity index (χ4n) is 2.51. The summed E-state index contributed by atoms with van der Waals surface area (Å²) in [6, 6.07) is 18.4. The second-order valence-electron chi connectivity index (χ2n) is 5.23.